The molecule has 2 rings (SSSR count). The van der Waals surface area contributed by atoms with Gasteiger partial charge >= 0.3 is 5.97 Å². The third-order valence-corrected chi connectivity index (χ3v) is 4.77. The third kappa shape index (κ3) is 2.76. The third-order valence-electron chi connectivity index (χ3n) is 2.91. The Bertz CT molecular complexity index is 540. The molecule has 0 bridgehead atoms. The van der Waals surface area contributed by atoms with Crippen LogP contribution in [0.1, 0.15) is 17.3 Å². The zero-order chi connectivity index (χ0) is 14.2. The van der Waals surface area contributed by atoms with Crippen molar-refractivity contribution in [3.8, 4) is 0 Å². The van der Waals surface area contributed by atoms with Gasteiger partial charge in [0, 0.05) is 11.3 Å². The lowest BCUT2D eigenvalue weighted by molar-refractivity contribution is -0.141. The quantitative estimate of drug-likeness (QED) is 0.893. The van der Waals surface area contributed by atoms with Crippen molar-refractivity contribution >= 4 is 39.6 Å². The lowest BCUT2D eigenvalue weighted by atomic mass is 10.1. The lowest BCUT2D eigenvalue weighted by Gasteiger charge is -2.25. The van der Waals surface area contributed by atoms with Crippen LogP contribution in [0.2, 0.25) is 0 Å². The maximum Gasteiger partial charge on any atom is 0.327 e. The van der Waals surface area contributed by atoms with Gasteiger partial charge in [0.05, 0.1) is 9.85 Å². The first-order valence-electron chi connectivity index (χ1n) is 5.54. The van der Waals surface area contributed by atoms with E-state index in [1.807, 2.05) is 0 Å². The zero-order valence-corrected chi connectivity index (χ0v) is 12.4. The monoisotopic (exact) mass is 347 g/mol. The predicted octanol–water partition coefficient (Wildman–Crippen LogP) is 2.58. The van der Waals surface area contributed by atoms with Crippen molar-refractivity contribution in [2.24, 2.45) is 0 Å². The van der Waals surface area contributed by atoms with Crippen LogP contribution in [0.3, 0.4) is 0 Å². The van der Waals surface area contributed by atoms with Gasteiger partial charge in [0.15, 0.2) is 0 Å². The number of halogens is 2. The number of rotatable bonds is 2. The number of carbonyl (C=O) groups excluding carboxylic acids is 1. The van der Waals surface area contributed by atoms with E-state index in [-0.39, 0.29) is 15.4 Å². The zero-order valence-electron chi connectivity index (χ0n) is 9.97. The van der Waals surface area contributed by atoms with Crippen LogP contribution in [0.25, 0.3) is 0 Å². The van der Waals surface area contributed by atoms with Gasteiger partial charge in [-0.3, -0.25) is 4.79 Å². The summed E-state index contributed by atoms with van der Waals surface area (Å²) < 4.78 is 13.7. The number of thioether (sulfide) groups is 1. The van der Waals surface area contributed by atoms with Gasteiger partial charge in [-0.05, 0) is 41.1 Å². The van der Waals surface area contributed by atoms with E-state index >= 15 is 0 Å². The molecule has 0 aliphatic carbocycles. The Balaban J connectivity index is 2.31. The Morgan fingerprint density at radius 3 is 2.79 bits per heavy atom. The van der Waals surface area contributed by atoms with Crippen molar-refractivity contribution in [1.82, 2.24) is 4.90 Å². The molecule has 1 aromatic rings. The number of carboxylic acids is 1. The van der Waals surface area contributed by atoms with Crippen LogP contribution < -0.4 is 0 Å². The Morgan fingerprint density at radius 1 is 1.53 bits per heavy atom. The molecule has 0 spiro atoms. The highest BCUT2D eigenvalue weighted by molar-refractivity contribution is 9.10. The van der Waals surface area contributed by atoms with Gasteiger partial charge in [-0.2, -0.15) is 0 Å². The summed E-state index contributed by atoms with van der Waals surface area (Å²) in [5.41, 5.74) is 0.154. The summed E-state index contributed by atoms with van der Waals surface area (Å²) in [5, 5.41) is 8.87. The molecule has 0 saturated carbocycles. The second-order valence-corrected chi connectivity index (χ2v) is 6.33. The fourth-order valence-corrected chi connectivity index (χ4v) is 3.33. The van der Waals surface area contributed by atoms with Gasteiger partial charge in [-0.25, -0.2) is 9.18 Å². The molecule has 19 heavy (non-hydrogen) atoms. The molecule has 1 amide bonds. The summed E-state index contributed by atoms with van der Waals surface area (Å²) in [7, 11) is 0. The summed E-state index contributed by atoms with van der Waals surface area (Å²) in [4.78, 5) is 24.7. The van der Waals surface area contributed by atoms with Gasteiger partial charge in [0.1, 0.15) is 11.9 Å². The lowest BCUT2D eigenvalue weighted by Crippen LogP contribution is -2.44. The topological polar surface area (TPSA) is 57.6 Å². The maximum absolute atomic E-state index is 13.4. The molecule has 1 saturated heterocycles. The second-order valence-electron chi connectivity index (χ2n) is 4.13. The van der Waals surface area contributed by atoms with Crippen molar-refractivity contribution in [3.63, 3.8) is 0 Å². The molecule has 102 valence electrons. The average Bonchev–Trinajstić information content (AvgIpc) is 2.74. The van der Waals surface area contributed by atoms with Crippen molar-refractivity contribution in [3.05, 3.63) is 34.1 Å². The van der Waals surface area contributed by atoms with E-state index in [0.29, 0.717) is 5.75 Å². The molecule has 1 fully saturated rings. The minimum Gasteiger partial charge on any atom is -0.480 e. The van der Waals surface area contributed by atoms with Crippen molar-refractivity contribution in [2.45, 2.75) is 18.3 Å². The molecular weight excluding hydrogens is 337 g/mol. The van der Waals surface area contributed by atoms with Gasteiger partial charge in [0.2, 0.25) is 0 Å². The molecule has 7 heteroatoms. The van der Waals surface area contributed by atoms with E-state index in [0.717, 1.165) is 6.07 Å². The first kappa shape index (κ1) is 14.3. The highest BCUT2D eigenvalue weighted by Gasteiger charge is 2.39. The molecule has 1 aromatic carbocycles. The second kappa shape index (κ2) is 5.50. The highest BCUT2D eigenvalue weighted by Crippen LogP contribution is 2.30. The normalized spacial score (nSPS) is 22.6. The molecular formula is C12H11BrFNO3S. The number of benzene rings is 1. The number of carboxylic acid groups (broad SMARTS) is 1. The van der Waals surface area contributed by atoms with Crippen LogP contribution in [0.5, 0.6) is 0 Å². The number of amides is 1. The van der Waals surface area contributed by atoms with Gasteiger partial charge < -0.3 is 10.0 Å². The van der Waals surface area contributed by atoms with Crippen LogP contribution in [0.15, 0.2) is 22.7 Å². The molecule has 2 atom stereocenters. The molecule has 0 aromatic heterocycles. The Hall–Kier alpha value is -1.08. The molecule has 2 unspecified atom stereocenters. The SMILES string of the molecule is CC1SCC(C(=O)O)N1C(=O)c1ccc(Br)c(F)c1. The number of hydrogen-bond donors (Lipinski definition) is 1. The number of carbonyl (C=O) groups is 2. The average molecular weight is 348 g/mol. The summed E-state index contributed by atoms with van der Waals surface area (Å²) in [6, 6.07) is 3.16. The first-order valence-corrected chi connectivity index (χ1v) is 7.38. The standard InChI is InChI=1S/C12H11BrFNO3S/c1-6-15(10(5-19-6)12(17)18)11(16)7-2-3-8(13)9(14)4-7/h2-4,6,10H,5H2,1H3,(H,17,18). The molecule has 1 heterocycles. The van der Waals surface area contributed by atoms with Crippen LogP contribution in [0, 0.1) is 5.82 Å². The summed E-state index contributed by atoms with van der Waals surface area (Å²) >= 11 is 4.40. The smallest absolute Gasteiger partial charge is 0.327 e. The summed E-state index contributed by atoms with van der Waals surface area (Å²) in [6.07, 6.45) is 0. The molecule has 1 aliphatic rings. The summed E-state index contributed by atoms with van der Waals surface area (Å²) in [6.45, 7) is 1.76. The van der Waals surface area contributed by atoms with Gasteiger partial charge in [0.25, 0.3) is 5.91 Å². The molecule has 0 radical (unpaired) electrons. The fraction of sp³-hybridized carbons (Fsp3) is 0.333. The minimum atomic E-state index is -1.04. The van der Waals surface area contributed by atoms with Crippen molar-refractivity contribution < 1.29 is 19.1 Å². The number of nitrogens with zero attached hydrogens (tertiary/aromatic N) is 1. The van der Waals surface area contributed by atoms with Crippen LogP contribution in [-0.2, 0) is 4.79 Å². The molecule has 1 N–H and O–H groups in total. The van der Waals surface area contributed by atoms with E-state index in [2.05, 4.69) is 15.9 Å². The Morgan fingerprint density at radius 2 is 2.21 bits per heavy atom. The van der Waals surface area contributed by atoms with Crippen LogP contribution >= 0.6 is 27.7 Å². The van der Waals surface area contributed by atoms with Gasteiger partial charge in [-0.15, -0.1) is 11.8 Å². The number of hydrogen-bond acceptors (Lipinski definition) is 3. The predicted molar refractivity (Wildman–Crippen MR) is 73.6 cm³/mol. The highest BCUT2D eigenvalue weighted by atomic mass is 79.9. The van der Waals surface area contributed by atoms with E-state index in [1.165, 1.54) is 28.8 Å². The molecule has 4 nitrogen and oxygen atoms in total. The molecule has 1 aliphatic heterocycles. The van der Waals surface area contributed by atoms with E-state index in [1.54, 1.807) is 6.92 Å². The summed E-state index contributed by atoms with van der Waals surface area (Å²) in [5.74, 6) is -1.70. The van der Waals surface area contributed by atoms with E-state index in [4.69, 9.17) is 5.11 Å². The first-order chi connectivity index (χ1) is 8.91. The van der Waals surface area contributed by atoms with E-state index in [9.17, 15) is 14.0 Å². The minimum absolute atomic E-state index is 0.154. The van der Waals surface area contributed by atoms with Gasteiger partial charge in [-0.1, -0.05) is 0 Å². The Labute approximate surface area is 122 Å². The fourth-order valence-electron chi connectivity index (χ4n) is 1.92. The number of aliphatic carboxylic acids is 1. The van der Waals surface area contributed by atoms with Crippen LogP contribution in [-0.4, -0.2) is 39.1 Å². The Kier molecular flexibility index (Phi) is 4.15. The van der Waals surface area contributed by atoms with Crippen molar-refractivity contribution in [1.29, 1.82) is 0 Å². The van der Waals surface area contributed by atoms with E-state index < -0.39 is 23.7 Å². The maximum atomic E-state index is 13.4. The van der Waals surface area contributed by atoms with Crippen LogP contribution in [0.4, 0.5) is 4.39 Å². The largest absolute Gasteiger partial charge is 0.480 e. The van der Waals surface area contributed by atoms with Crippen molar-refractivity contribution in [2.75, 3.05) is 5.75 Å².